The van der Waals surface area contributed by atoms with Gasteiger partial charge in [-0.15, -0.1) is 0 Å². The number of methoxy groups -OCH3 is 1. The predicted molar refractivity (Wildman–Crippen MR) is 89.1 cm³/mol. The average molecular weight is 346 g/mol. The molecule has 0 aliphatic carbocycles. The van der Waals surface area contributed by atoms with Gasteiger partial charge >= 0.3 is 11.7 Å². The molecule has 8 heteroatoms. The number of aromatic nitrogens is 1. The molecule has 0 spiro atoms. The van der Waals surface area contributed by atoms with E-state index in [1.807, 2.05) is 0 Å². The number of carbonyl (C=O) groups excluding carboxylic acids is 2. The van der Waals surface area contributed by atoms with Crippen LogP contribution in [0.4, 0.5) is 5.69 Å². The van der Waals surface area contributed by atoms with E-state index in [0.29, 0.717) is 16.8 Å². The molecular formula is C17H18N2O6. The summed E-state index contributed by atoms with van der Waals surface area (Å²) >= 11 is 0. The molecule has 1 aromatic heterocycles. The number of esters is 1. The molecule has 0 saturated carbocycles. The fraction of sp³-hybridized carbons (Fsp3) is 0.294. The number of benzene rings is 1. The topological polar surface area (TPSA) is 112 Å². The van der Waals surface area contributed by atoms with Crippen molar-refractivity contribution in [2.75, 3.05) is 7.11 Å². The number of aryl methyl sites for hydroxylation is 1. The summed E-state index contributed by atoms with van der Waals surface area (Å²) < 4.78 is 10.2. The molecule has 2 aromatic rings. The molecule has 0 aliphatic rings. The van der Waals surface area contributed by atoms with Crippen LogP contribution >= 0.6 is 0 Å². The summed E-state index contributed by atoms with van der Waals surface area (Å²) in [5.74, 6) is -0.964. The first-order valence-corrected chi connectivity index (χ1v) is 7.49. The number of para-hydroxylation sites is 2. The van der Waals surface area contributed by atoms with Gasteiger partial charge in [0.1, 0.15) is 0 Å². The number of carbonyl (C=O) groups is 2. The number of ketones is 1. The lowest BCUT2D eigenvalue weighted by atomic mass is 10.1. The third-order valence-corrected chi connectivity index (χ3v) is 3.81. The summed E-state index contributed by atoms with van der Waals surface area (Å²) in [5, 5.41) is 11.0. The molecule has 8 nitrogen and oxygen atoms in total. The number of aromatic amines is 1. The van der Waals surface area contributed by atoms with E-state index >= 15 is 0 Å². The van der Waals surface area contributed by atoms with Crippen LogP contribution in [0.15, 0.2) is 24.3 Å². The van der Waals surface area contributed by atoms with Crippen molar-refractivity contribution in [2.45, 2.75) is 26.9 Å². The maximum Gasteiger partial charge on any atom is 0.339 e. The number of hydrogen-bond acceptors (Lipinski definition) is 6. The van der Waals surface area contributed by atoms with Crippen LogP contribution in [0.1, 0.15) is 39.0 Å². The summed E-state index contributed by atoms with van der Waals surface area (Å²) in [5.41, 5.74) is 1.24. The molecule has 132 valence electrons. The molecule has 1 unspecified atom stereocenters. The Morgan fingerprint density at radius 3 is 2.48 bits per heavy atom. The Morgan fingerprint density at radius 1 is 1.24 bits per heavy atom. The van der Waals surface area contributed by atoms with Crippen LogP contribution in [0, 0.1) is 24.0 Å². The minimum atomic E-state index is -0.983. The van der Waals surface area contributed by atoms with E-state index in [-0.39, 0.29) is 17.1 Å². The molecule has 0 aliphatic heterocycles. The largest absolute Gasteiger partial charge is 0.475 e. The fourth-order valence-electron chi connectivity index (χ4n) is 2.56. The number of nitro groups is 1. The zero-order valence-electron chi connectivity index (χ0n) is 14.3. The van der Waals surface area contributed by atoms with Crippen LogP contribution in [-0.2, 0) is 4.74 Å². The molecule has 0 saturated heterocycles. The van der Waals surface area contributed by atoms with Gasteiger partial charge in [-0.1, -0.05) is 12.1 Å². The van der Waals surface area contributed by atoms with E-state index in [1.54, 1.807) is 19.9 Å². The lowest BCUT2D eigenvalue weighted by Crippen LogP contribution is -2.25. The Bertz CT molecular complexity index is 840. The minimum absolute atomic E-state index is 0.00229. The summed E-state index contributed by atoms with van der Waals surface area (Å²) in [4.78, 5) is 37.8. The van der Waals surface area contributed by atoms with Crippen molar-refractivity contribution in [1.29, 1.82) is 0 Å². The van der Waals surface area contributed by atoms with E-state index in [9.17, 15) is 19.7 Å². The van der Waals surface area contributed by atoms with E-state index in [1.165, 1.54) is 32.2 Å². The van der Waals surface area contributed by atoms with Crippen molar-refractivity contribution >= 4 is 17.4 Å². The van der Waals surface area contributed by atoms with Gasteiger partial charge in [-0.05, 0) is 32.4 Å². The first kappa shape index (κ1) is 18.2. The lowest BCUT2D eigenvalue weighted by molar-refractivity contribution is -0.386. The number of nitrogens with zero attached hydrogens (tertiary/aromatic N) is 1. The van der Waals surface area contributed by atoms with Gasteiger partial charge < -0.3 is 14.5 Å². The first-order valence-electron chi connectivity index (χ1n) is 7.49. The monoisotopic (exact) mass is 346 g/mol. The van der Waals surface area contributed by atoms with E-state index in [4.69, 9.17) is 9.47 Å². The van der Waals surface area contributed by atoms with Crippen LogP contribution in [-0.4, -0.2) is 34.9 Å². The van der Waals surface area contributed by atoms with Gasteiger partial charge in [0, 0.05) is 11.8 Å². The van der Waals surface area contributed by atoms with Gasteiger partial charge in [0.15, 0.2) is 11.9 Å². The molecule has 1 heterocycles. The lowest BCUT2D eigenvalue weighted by Gasteiger charge is -2.13. The molecule has 1 atom stereocenters. The molecular weight excluding hydrogens is 328 g/mol. The van der Waals surface area contributed by atoms with Gasteiger partial charge in [-0.25, -0.2) is 4.79 Å². The third kappa shape index (κ3) is 3.52. The number of rotatable bonds is 6. The molecule has 2 rings (SSSR count). The summed E-state index contributed by atoms with van der Waals surface area (Å²) in [7, 11) is 1.26. The van der Waals surface area contributed by atoms with Crippen LogP contribution in [0.3, 0.4) is 0 Å². The van der Waals surface area contributed by atoms with Crippen LogP contribution < -0.4 is 4.74 Å². The summed E-state index contributed by atoms with van der Waals surface area (Å²) in [6.07, 6.45) is -0.983. The minimum Gasteiger partial charge on any atom is -0.475 e. The Labute approximate surface area is 143 Å². The van der Waals surface area contributed by atoms with Crippen LogP contribution in [0.5, 0.6) is 5.75 Å². The number of Topliss-reactive ketones (excluding diaryl/α,β-unsaturated/α-hetero) is 1. The summed E-state index contributed by atoms with van der Waals surface area (Å²) in [6, 6.07) is 5.82. The highest BCUT2D eigenvalue weighted by Crippen LogP contribution is 2.28. The molecule has 25 heavy (non-hydrogen) atoms. The Kier molecular flexibility index (Phi) is 5.21. The highest BCUT2D eigenvalue weighted by molar-refractivity contribution is 6.03. The molecule has 0 amide bonds. The Balaban J connectivity index is 2.30. The van der Waals surface area contributed by atoms with E-state index in [0.717, 1.165) is 0 Å². The highest BCUT2D eigenvalue weighted by Gasteiger charge is 2.27. The Morgan fingerprint density at radius 2 is 1.88 bits per heavy atom. The van der Waals surface area contributed by atoms with E-state index in [2.05, 4.69) is 4.98 Å². The fourth-order valence-corrected chi connectivity index (χ4v) is 2.56. The number of hydrogen-bond donors (Lipinski definition) is 1. The van der Waals surface area contributed by atoms with Gasteiger partial charge in [0.2, 0.25) is 5.78 Å². The second-order valence-electron chi connectivity index (χ2n) is 5.47. The smallest absolute Gasteiger partial charge is 0.339 e. The van der Waals surface area contributed by atoms with Crippen LogP contribution in [0.25, 0.3) is 0 Å². The van der Waals surface area contributed by atoms with Crippen molar-refractivity contribution in [3.63, 3.8) is 0 Å². The van der Waals surface area contributed by atoms with Gasteiger partial charge in [-0.3, -0.25) is 14.9 Å². The molecule has 0 radical (unpaired) electrons. The van der Waals surface area contributed by atoms with Crippen molar-refractivity contribution in [3.05, 3.63) is 56.9 Å². The SMILES string of the molecule is COC(=O)c1c(C)[nH]c(C(=O)C(C)Oc2ccccc2[N+](=O)[O-])c1C. The van der Waals surface area contributed by atoms with Crippen LogP contribution in [0.2, 0.25) is 0 Å². The first-order chi connectivity index (χ1) is 11.8. The zero-order chi connectivity index (χ0) is 18.7. The Hall–Kier alpha value is -3.16. The zero-order valence-corrected chi connectivity index (χ0v) is 14.3. The van der Waals surface area contributed by atoms with Gasteiger partial charge in [-0.2, -0.15) is 0 Å². The molecule has 0 bridgehead atoms. The standard InChI is InChI=1S/C17H18N2O6/c1-9-14(17(21)24-4)10(2)18-15(9)16(20)11(3)25-13-8-6-5-7-12(13)19(22)23/h5-8,11,18H,1-4H3. The van der Waals surface area contributed by atoms with Gasteiger partial charge in [0.05, 0.1) is 23.3 Å². The van der Waals surface area contributed by atoms with Gasteiger partial charge in [0.25, 0.3) is 0 Å². The molecule has 0 fully saturated rings. The third-order valence-electron chi connectivity index (χ3n) is 3.81. The van der Waals surface area contributed by atoms with Crippen molar-refractivity contribution in [3.8, 4) is 5.75 Å². The van der Waals surface area contributed by atoms with Crippen molar-refractivity contribution in [2.24, 2.45) is 0 Å². The predicted octanol–water partition coefficient (Wildman–Crippen LogP) is 2.98. The second-order valence-corrected chi connectivity index (χ2v) is 5.47. The molecule has 1 N–H and O–H groups in total. The van der Waals surface area contributed by atoms with E-state index < -0.39 is 22.8 Å². The maximum atomic E-state index is 12.6. The summed E-state index contributed by atoms with van der Waals surface area (Å²) in [6.45, 7) is 4.77. The number of nitrogens with one attached hydrogen (secondary N) is 1. The second kappa shape index (κ2) is 7.16. The number of ether oxygens (including phenoxy) is 2. The van der Waals surface area contributed by atoms with Crippen molar-refractivity contribution in [1.82, 2.24) is 4.98 Å². The number of H-pyrrole nitrogens is 1. The average Bonchev–Trinajstić information content (AvgIpc) is 2.88. The quantitative estimate of drug-likeness (QED) is 0.372. The highest BCUT2D eigenvalue weighted by atomic mass is 16.6. The molecule has 1 aromatic carbocycles. The normalized spacial score (nSPS) is 11.7. The number of nitro benzene ring substituents is 1. The van der Waals surface area contributed by atoms with Crippen molar-refractivity contribution < 1.29 is 24.0 Å². The maximum absolute atomic E-state index is 12.6.